The zero-order chi connectivity index (χ0) is 16.3. The molecule has 0 unspecified atom stereocenters. The monoisotopic (exact) mass is 332 g/mol. The summed E-state index contributed by atoms with van der Waals surface area (Å²) in [5.74, 6) is -1.53. The number of carbonyl (C=O) groups excluding carboxylic acids is 1. The van der Waals surface area contributed by atoms with Crippen molar-refractivity contribution < 1.29 is 22.0 Å². The molecule has 1 saturated heterocycles. The molecule has 0 amide bonds. The number of anilines is 1. The fourth-order valence-corrected chi connectivity index (χ4v) is 4.16. The van der Waals surface area contributed by atoms with E-state index in [-0.39, 0.29) is 5.69 Å². The van der Waals surface area contributed by atoms with Crippen LogP contribution in [0.2, 0.25) is 0 Å². The summed E-state index contributed by atoms with van der Waals surface area (Å²) in [7, 11) is -3.71. The molecule has 1 aromatic rings. The Bertz CT molecular complexity index is 642. The molecule has 22 heavy (non-hydrogen) atoms. The maximum atomic E-state index is 14.1. The Kier molecular flexibility index (Phi) is 5.12. The van der Waals surface area contributed by atoms with Crippen LogP contribution in [0.25, 0.3) is 0 Å². The minimum absolute atomic E-state index is 0.138. The van der Waals surface area contributed by atoms with Crippen LogP contribution in [0.15, 0.2) is 17.0 Å². The molecule has 3 rings (SSSR count). The fraction of sp³-hybridized carbons (Fsp3) is 0.500. The lowest BCUT2D eigenvalue weighted by Crippen LogP contribution is -2.44. The largest absolute Gasteiger partial charge is 0.367 e. The number of carbonyl (C=O) groups is 1. The number of nitrogens with one attached hydrogen (secondary N) is 1. The summed E-state index contributed by atoms with van der Waals surface area (Å²) in [5, 5.41) is 2.58. The van der Waals surface area contributed by atoms with Crippen molar-refractivity contribution >= 4 is 22.3 Å². The Hall–Kier alpha value is -1.54. The Morgan fingerprint density at radius 3 is 2.23 bits per heavy atom. The minimum atomic E-state index is -3.71. The van der Waals surface area contributed by atoms with Crippen molar-refractivity contribution in [3.63, 3.8) is 0 Å². The van der Waals surface area contributed by atoms with Gasteiger partial charge in [0.05, 0.1) is 10.9 Å². The van der Waals surface area contributed by atoms with Gasteiger partial charge in [-0.25, -0.2) is 17.2 Å². The van der Waals surface area contributed by atoms with Gasteiger partial charge in [0.2, 0.25) is 0 Å². The summed E-state index contributed by atoms with van der Waals surface area (Å²) in [5.41, 5.74) is 0.138. The van der Waals surface area contributed by atoms with E-state index >= 15 is 0 Å². The van der Waals surface area contributed by atoms with Crippen molar-refractivity contribution in [1.82, 2.24) is 5.32 Å². The van der Waals surface area contributed by atoms with Crippen LogP contribution in [0.1, 0.15) is 12.8 Å². The quantitative estimate of drug-likeness (QED) is 0.899. The van der Waals surface area contributed by atoms with Crippen molar-refractivity contribution in [2.45, 2.75) is 23.0 Å². The van der Waals surface area contributed by atoms with Crippen molar-refractivity contribution in [3.8, 4) is 0 Å². The van der Waals surface area contributed by atoms with Crippen LogP contribution < -0.4 is 10.2 Å². The average Bonchev–Trinajstić information content (AvgIpc) is 3.37. The summed E-state index contributed by atoms with van der Waals surface area (Å²) >= 11 is 0. The molecule has 0 bridgehead atoms. The molecule has 122 valence electrons. The summed E-state index contributed by atoms with van der Waals surface area (Å²) in [4.78, 5) is 9.22. The fourth-order valence-electron chi connectivity index (χ4n) is 2.44. The molecule has 8 heteroatoms. The summed E-state index contributed by atoms with van der Waals surface area (Å²) in [6.07, 6.45) is 1.06. The van der Waals surface area contributed by atoms with Crippen molar-refractivity contribution in [1.29, 1.82) is 0 Å². The Labute approximate surface area is 128 Å². The third-order valence-electron chi connectivity index (χ3n) is 3.73. The van der Waals surface area contributed by atoms with E-state index < -0.39 is 31.6 Å². The lowest BCUT2D eigenvalue weighted by atomic mass is 10.2. The zero-order valence-corrected chi connectivity index (χ0v) is 12.8. The molecular weight excluding hydrogens is 314 g/mol. The van der Waals surface area contributed by atoms with E-state index in [1.165, 1.54) is 0 Å². The third kappa shape index (κ3) is 3.27. The number of sulfone groups is 1. The highest BCUT2D eigenvalue weighted by atomic mass is 32.2. The van der Waals surface area contributed by atoms with Crippen LogP contribution in [0.4, 0.5) is 14.5 Å². The van der Waals surface area contributed by atoms with Crippen molar-refractivity contribution in [2.75, 3.05) is 31.1 Å². The van der Waals surface area contributed by atoms with Crippen LogP contribution in [0.3, 0.4) is 0 Å². The standard InChI is InChI=1S/C13H16F2N2O2S.CH2O/c14-10-8-13(20(18,19)9-1-2-9)11(15)7-12(10)17-5-3-16-4-6-17;1-2/h7-9,16H,1-6H2;1H2. The van der Waals surface area contributed by atoms with Gasteiger partial charge in [0.15, 0.2) is 9.84 Å². The third-order valence-corrected chi connectivity index (χ3v) is 6.00. The van der Waals surface area contributed by atoms with E-state index in [0.717, 1.165) is 12.1 Å². The van der Waals surface area contributed by atoms with Gasteiger partial charge in [0, 0.05) is 32.2 Å². The number of hydrogen-bond donors (Lipinski definition) is 1. The van der Waals surface area contributed by atoms with E-state index in [0.29, 0.717) is 39.0 Å². The predicted octanol–water partition coefficient (Wildman–Crippen LogP) is 1.13. The van der Waals surface area contributed by atoms with Crippen LogP contribution in [0.5, 0.6) is 0 Å². The van der Waals surface area contributed by atoms with Gasteiger partial charge in [-0.1, -0.05) is 0 Å². The maximum absolute atomic E-state index is 14.1. The average molecular weight is 332 g/mol. The van der Waals surface area contributed by atoms with Gasteiger partial charge in [-0.15, -0.1) is 0 Å². The first kappa shape index (κ1) is 16.8. The molecule has 0 aromatic heterocycles. The Morgan fingerprint density at radius 1 is 1.09 bits per heavy atom. The second kappa shape index (κ2) is 6.70. The van der Waals surface area contributed by atoms with Gasteiger partial charge in [-0.2, -0.15) is 0 Å². The summed E-state index contributed by atoms with van der Waals surface area (Å²) < 4.78 is 52.3. The number of halogens is 2. The maximum Gasteiger partial charge on any atom is 0.184 e. The van der Waals surface area contributed by atoms with Crippen molar-refractivity contribution in [3.05, 3.63) is 23.8 Å². The van der Waals surface area contributed by atoms with Crippen LogP contribution >= 0.6 is 0 Å². The molecule has 1 saturated carbocycles. The van der Waals surface area contributed by atoms with E-state index in [1.807, 2.05) is 6.79 Å². The molecule has 1 aliphatic carbocycles. The van der Waals surface area contributed by atoms with E-state index in [4.69, 9.17) is 4.79 Å². The van der Waals surface area contributed by atoms with Gasteiger partial charge in [-0.05, 0) is 18.9 Å². The molecule has 2 fully saturated rings. The number of hydrogen-bond acceptors (Lipinski definition) is 5. The predicted molar refractivity (Wildman–Crippen MR) is 78.8 cm³/mol. The summed E-state index contributed by atoms with van der Waals surface area (Å²) in [6.45, 7) is 4.54. The number of benzene rings is 1. The molecule has 0 radical (unpaired) electrons. The Balaban J connectivity index is 0.000000847. The van der Waals surface area contributed by atoms with Crippen molar-refractivity contribution in [2.24, 2.45) is 0 Å². The SMILES string of the molecule is C=O.O=S(=O)(c1cc(F)c(N2CCNCC2)cc1F)C1CC1. The molecule has 0 atom stereocenters. The first-order valence-electron chi connectivity index (χ1n) is 6.97. The van der Waals surface area contributed by atoms with Crippen LogP contribution in [-0.2, 0) is 14.6 Å². The molecule has 1 aromatic carbocycles. The molecule has 1 N–H and O–H groups in total. The number of rotatable bonds is 3. The molecule has 1 aliphatic heterocycles. The van der Waals surface area contributed by atoms with Gasteiger partial charge in [0.1, 0.15) is 23.3 Å². The first-order valence-corrected chi connectivity index (χ1v) is 8.52. The highest BCUT2D eigenvalue weighted by Gasteiger charge is 2.39. The van der Waals surface area contributed by atoms with E-state index in [1.54, 1.807) is 4.90 Å². The number of piperazine rings is 1. The van der Waals surface area contributed by atoms with Crippen LogP contribution in [0, 0.1) is 11.6 Å². The highest BCUT2D eigenvalue weighted by molar-refractivity contribution is 7.92. The Morgan fingerprint density at radius 2 is 1.68 bits per heavy atom. The molecule has 2 aliphatic rings. The molecule has 1 heterocycles. The normalized spacial score (nSPS) is 18.5. The second-order valence-corrected chi connectivity index (χ2v) is 7.41. The van der Waals surface area contributed by atoms with E-state index in [2.05, 4.69) is 5.32 Å². The van der Waals surface area contributed by atoms with Gasteiger partial charge in [0.25, 0.3) is 0 Å². The minimum Gasteiger partial charge on any atom is -0.367 e. The highest BCUT2D eigenvalue weighted by Crippen LogP contribution is 2.36. The van der Waals surface area contributed by atoms with Gasteiger partial charge < -0.3 is 15.0 Å². The lowest BCUT2D eigenvalue weighted by Gasteiger charge is -2.29. The molecular formula is C14H18F2N2O3S. The van der Waals surface area contributed by atoms with E-state index in [9.17, 15) is 17.2 Å². The zero-order valence-electron chi connectivity index (χ0n) is 12.0. The molecule has 0 spiro atoms. The second-order valence-electron chi connectivity index (χ2n) is 5.22. The van der Waals surface area contributed by atoms with Gasteiger partial charge >= 0.3 is 0 Å². The first-order chi connectivity index (χ1) is 10.5. The number of nitrogens with zero attached hydrogens (tertiary/aromatic N) is 1. The molecule has 5 nitrogen and oxygen atoms in total. The van der Waals surface area contributed by atoms with Gasteiger partial charge in [-0.3, -0.25) is 0 Å². The summed E-state index contributed by atoms with van der Waals surface area (Å²) in [6, 6.07) is 1.84. The smallest absolute Gasteiger partial charge is 0.184 e. The topological polar surface area (TPSA) is 66.5 Å². The van der Waals surface area contributed by atoms with Crippen LogP contribution in [-0.4, -0.2) is 46.6 Å². The lowest BCUT2D eigenvalue weighted by molar-refractivity contribution is -0.0979.